The first kappa shape index (κ1) is 26.3. The molecule has 3 aliphatic rings. The topological polar surface area (TPSA) is 186 Å². The maximum absolute atomic E-state index is 13.6. The molecule has 0 unspecified atom stereocenters. The normalized spacial score (nSPS) is 30.3. The summed E-state index contributed by atoms with van der Waals surface area (Å²) in [6, 6.07) is 3.75. The number of hydrogen-bond acceptors (Lipinski definition) is 11. The lowest BCUT2D eigenvalue weighted by molar-refractivity contribution is -0.247. The zero-order valence-corrected chi connectivity index (χ0v) is 21.1. The van der Waals surface area contributed by atoms with E-state index in [9.17, 15) is 34.8 Å². The molecule has 2 aromatic carbocycles. The Morgan fingerprint density at radius 2 is 1.82 bits per heavy atom. The van der Waals surface area contributed by atoms with Gasteiger partial charge in [0.05, 0.1) is 42.1 Å². The first-order valence-electron chi connectivity index (χ1n) is 12.2. The minimum Gasteiger partial charge on any atom is -0.507 e. The number of phenols is 2. The molecule has 6 N–H and O–H groups in total. The lowest BCUT2D eigenvalue weighted by atomic mass is 9.72. The van der Waals surface area contributed by atoms with Gasteiger partial charge in [-0.25, -0.2) is 0 Å². The van der Waals surface area contributed by atoms with E-state index in [1.54, 1.807) is 6.92 Å². The molecule has 0 aromatic heterocycles. The molecule has 0 spiro atoms. The molecule has 38 heavy (non-hydrogen) atoms. The minimum absolute atomic E-state index is 0.0147. The summed E-state index contributed by atoms with van der Waals surface area (Å²) in [6.07, 6.45) is -4.53. The second-order valence-corrected chi connectivity index (χ2v) is 10.1. The van der Waals surface area contributed by atoms with Crippen LogP contribution in [0.5, 0.6) is 17.2 Å². The molecule has 11 nitrogen and oxygen atoms in total. The molecule has 1 fully saturated rings. The van der Waals surface area contributed by atoms with Gasteiger partial charge in [-0.2, -0.15) is 0 Å². The molecule has 0 amide bonds. The van der Waals surface area contributed by atoms with Gasteiger partial charge in [0.2, 0.25) is 5.78 Å². The first-order valence-corrected chi connectivity index (χ1v) is 12.2. The fourth-order valence-corrected chi connectivity index (χ4v) is 5.66. The number of nitrogens with two attached hydrogens (primary N) is 1. The molecule has 202 valence electrons. The largest absolute Gasteiger partial charge is 0.507 e. The van der Waals surface area contributed by atoms with E-state index in [1.165, 1.54) is 32.2 Å². The monoisotopic (exact) mass is 527 g/mol. The summed E-state index contributed by atoms with van der Waals surface area (Å²) in [5.74, 6) is -3.18. The number of fused-ring (bicyclic) bond motifs is 3. The summed E-state index contributed by atoms with van der Waals surface area (Å²) in [7, 11) is 1.34. The van der Waals surface area contributed by atoms with Gasteiger partial charge in [0.1, 0.15) is 22.8 Å². The molecule has 1 saturated heterocycles. The number of aromatic hydroxyl groups is 2. The average molecular weight is 528 g/mol. The first-order chi connectivity index (χ1) is 17.9. The molecule has 2 aliphatic carbocycles. The van der Waals surface area contributed by atoms with E-state index < -0.39 is 82.6 Å². The van der Waals surface area contributed by atoms with E-state index in [4.69, 9.17) is 19.9 Å². The lowest BCUT2D eigenvalue weighted by Gasteiger charge is -2.42. The van der Waals surface area contributed by atoms with Crippen LogP contribution in [0.3, 0.4) is 0 Å². The number of ether oxygens (including phenoxy) is 3. The number of ketones is 3. The number of Topliss-reactive ketones (excluding diaryl/α,β-unsaturated/α-hetero) is 1. The number of aliphatic hydroxyl groups is 2. The number of carbonyl (C=O) groups excluding carboxylic acids is 3. The van der Waals surface area contributed by atoms with Gasteiger partial charge in [-0.1, -0.05) is 12.1 Å². The Balaban J connectivity index is 1.68. The Kier molecular flexibility index (Phi) is 6.32. The van der Waals surface area contributed by atoms with E-state index in [1.807, 2.05) is 0 Å². The van der Waals surface area contributed by atoms with Crippen LogP contribution >= 0.6 is 0 Å². The van der Waals surface area contributed by atoms with Crippen molar-refractivity contribution in [3.05, 3.63) is 51.6 Å². The quantitative estimate of drug-likeness (QED) is 0.305. The molecule has 0 bridgehead atoms. The molecule has 6 atom stereocenters. The van der Waals surface area contributed by atoms with Crippen LogP contribution in [0.4, 0.5) is 0 Å². The SMILES string of the molecule is COc1cccc2c1C(=O)c1c(O)c3c(c(O)c1C2=O)C[C@@](O)(C(C)=O)C[C@@H]3O[C@@H]1C[C@@H](N)[C@H](O)[C@H](C)O1. The Bertz CT molecular complexity index is 1360. The predicted molar refractivity (Wildman–Crippen MR) is 130 cm³/mol. The smallest absolute Gasteiger partial charge is 0.202 e. The molecular weight excluding hydrogens is 498 g/mol. The van der Waals surface area contributed by atoms with Crippen molar-refractivity contribution in [1.29, 1.82) is 0 Å². The molecule has 2 aromatic rings. The fraction of sp³-hybridized carbons (Fsp3) is 0.444. The van der Waals surface area contributed by atoms with Crippen molar-refractivity contribution >= 4 is 17.3 Å². The number of aliphatic hydroxyl groups excluding tert-OH is 1. The Morgan fingerprint density at radius 3 is 2.45 bits per heavy atom. The van der Waals surface area contributed by atoms with Crippen molar-refractivity contribution in [2.45, 2.75) is 69.4 Å². The fourth-order valence-electron chi connectivity index (χ4n) is 5.66. The average Bonchev–Trinajstić information content (AvgIpc) is 2.87. The maximum Gasteiger partial charge on any atom is 0.202 e. The third-order valence-electron chi connectivity index (χ3n) is 7.80. The summed E-state index contributed by atoms with van der Waals surface area (Å²) < 4.78 is 17.1. The van der Waals surface area contributed by atoms with E-state index in [2.05, 4.69) is 0 Å². The number of rotatable bonds is 4. The number of phenolic OH excluding ortho intramolecular Hbond substituents is 2. The number of methoxy groups -OCH3 is 1. The Morgan fingerprint density at radius 1 is 1.13 bits per heavy atom. The number of hydrogen-bond donors (Lipinski definition) is 5. The highest BCUT2D eigenvalue weighted by Crippen LogP contribution is 2.52. The van der Waals surface area contributed by atoms with Crippen molar-refractivity contribution in [2.24, 2.45) is 5.73 Å². The summed E-state index contributed by atoms with van der Waals surface area (Å²) >= 11 is 0. The summed E-state index contributed by atoms with van der Waals surface area (Å²) in [6.45, 7) is 2.79. The highest BCUT2D eigenvalue weighted by Gasteiger charge is 2.49. The van der Waals surface area contributed by atoms with Gasteiger partial charge in [0.25, 0.3) is 0 Å². The van der Waals surface area contributed by atoms with Crippen LogP contribution in [0.2, 0.25) is 0 Å². The molecule has 0 saturated carbocycles. The number of benzene rings is 2. The van der Waals surface area contributed by atoms with Crippen molar-refractivity contribution < 1.29 is 49.0 Å². The second-order valence-electron chi connectivity index (χ2n) is 10.1. The molecule has 11 heteroatoms. The van der Waals surface area contributed by atoms with E-state index >= 15 is 0 Å². The lowest BCUT2D eigenvalue weighted by Crippen LogP contribution is -2.52. The maximum atomic E-state index is 13.6. The zero-order valence-electron chi connectivity index (χ0n) is 21.1. The minimum atomic E-state index is -2.00. The van der Waals surface area contributed by atoms with Crippen LogP contribution in [-0.4, -0.2) is 75.0 Å². The van der Waals surface area contributed by atoms with Crippen LogP contribution in [-0.2, 0) is 20.7 Å². The standard InChI is InChI=1S/C27H29NO10/c1-10-22(30)14(28)7-17(37-10)38-16-9-27(35,11(2)29)8-13-19(16)26(34)21-20(24(13)32)23(31)12-5-4-6-15(36-3)18(12)25(21)33/h4-6,10,14,16-17,22,30,32,34-35H,7-9,28H2,1-3H3/t10-,14+,16-,17+,22+,27-/m0/s1. The summed E-state index contributed by atoms with van der Waals surface area (Å²) in [5, 5.41) is 44.1. The van der Waals surface area contributed by atoms with Gasteiger partial charge in [-0.3, -0.25) is 14.4 Å². The van der Waals surface area contributed by atoms with Crippen molar-refractivity contribution in [3.63, 3.8) is 0 Å². The Labute approximate surface area is 217 Å². The van der Waals surface area contributed by atoms with Gasteiger partial charge in [-0.15, -0.1) is 0 Å². The highest BCUT2D eigenvalue weighted by atomic mass is 16.7. The van der Waals surface area contributed by atoms with Crippen LogP contribution < -0.4 is 10.5 Å². The molecule has 0 radical (unpaired) electrons. The van der Waals surface area contributed by atoms with Crippen molar-refractivity contribution in [3.8, 4) is 17.2 Å². The van der Waals surface area contributed by atoms with Crippen LogP contribution in [0.15, 0.2) is 18.2 Å². The van der Waals surface area contributed by atoms with Crippen LogP contribution in [0.25, 0.3) is 0 Å². The second kappa shape index (κ2) is 9.14. The highest BCUT2D eigenvalue weighted by molar-refractivity contribution is 6.31. The zero-order chi connectivity index (χ0) is 27.7. The summed E-state index contributed by atoms with van der Waals surface area (Å²) in [4.78, 5) is 39.6. The van der Waals surface area contributed by atoms with Crippen molar-refractivity contribution in [2.75, 3.05) is 7.11 Å². The summed E-state index contributed by atoms with van der Waals surface area (Å²) in [5.41, 5.74) is 2.97. The predicted octanol–water partition coefficient (Wildman–Crippen LogP) is 1.03. The Hall–Kier alpha value is -3.35. The van der Waals surface area contributed by atoms with Gasteiger partial charge >= 0.3 is 0 Å². The van der Waals surface area contributed by atoms with E-state index in [-0.39, 0.29) is 40.8 Å². The molecule has 1 aliphatic heterocycles. The van der Waals surface area contributed by atoms with Gasteiger partial charge < -0.3 is 40.4 Å². The number of carbonyl (C=O) groups is 3. The molecule has 1 heterocycles. The van der Waals surface area contributed by atoms with Crippen LogP contribution in [0.1, 0.15) is 75.8 Å². The third kappa shape index (κ3) is 3.81. The van der Waals surface area contributed by atoms with Crippen molar-refractivity contribution in [1.82, 2.24) is 0 Å². The third-order valence-corrected chi connectivity index (χ3v) is 7.80. The molecular formula is C27H29NO10. The molecule has 5 rings (SSSR count). The van der Waals surface area contributed by atoms with Gasteiger partial charge in [0.15, 0.2) is 17.9 Å². The van der Waals surface area contributed by atoms with E-state index in [0.717, 1.165) is 0 Å². The van der Waals surface area contributed by atoms with E-state index in [0.29, 0.717) is 0 Å². The van der Waals surface area contributed by atoms with Crippen LogP contribution in [0, 0.1) is 0 Å². The van der Waals surface area contributed by atoms with Gasteiger partial charge in [0, 0.05) is 42.0 Å². The van der Waals surface area contributed by atoms with Gasteiger partial charge in [-0.05, 0) is 19.9 Å².